The zero-order chi connectivity index (χ0) is 11.5. The Morgan fingerprint density at radius 1 is 1.50 bits per heavy atom. The highest BCUT2D eigenvalue weighted by Gasteiger charge is 2.29. The first-order valence-corrected chi connectivity index (χ1v) is 5.97. The molecule has 2 rings (SSSR count). The van der Waals surface area contributed by atoms with Crippen LogP contribution in [0, 0.1) is 5.92 Å². The fraction of sp³-hybridized carbons (Fsp3) is 0.818. The molecule has 2 atom stereocenters. The molecule has 0 bridgehead atoms. The molecule has 2 unspecified atom stereocenters. The fourth-order valence-corrected chi connectivity index (χ4v) is 2.13. The van der Waals surface area contributed by atoms with Crippen molar-refractivity contribution in [2.75, 3.05) is 13.1 Å². The van der Waals surface area contributed by atoms with E-state index in [4.69, 9.17) is 0 Å². The Labute approximate surface area is 95.3 Å². The average Bonchev–Trinajstić information content (AvgIpc) is 2.15. The molecular weight excluding hydrogens is 206 g/mol. The summed E-state index contributed by atoms with van der Waals surface area (Å²) in [5, 5.41) is 8.62. The van der Waals surface area contributed by atoms with Crippen molar-refractivity contribution in [3.05, 3.63) is 0 Å². The molecule has 2 amide bonds. The van der Waals surface area contributed by atoms with Gasteiger partial charge in [-0.1, -0.05) is 6.42 Å². The second kappa shape index (κ2) is 4.82. The van der Waals surface area contributed by atoms with Crippen molar-refractivity contribution in [3.8, 4) is 0 Å². The molecule has 2 aliphatic rings. The number of hydrogen-bond acceptors (Lipinski definition) is 3. The summed E-state index contributed by atoms with van der Waals surface area (Å²) in [7, 11) is 0. The first-order chi connectivity index (χ1) is 7.66. The second-order valence-electron chi connectivity index (χ2n) is 4.73. The lowest BCUT2D eigenvalue weighted by Crippen LogP contribution is -2.59. The maximum atomic E-state index is 11.8. The van der Waals surface area contributed by atoms with Crippen LogP contribution in [0.5, 0.6) is 0 Å². The highest BCUT2D eigenvalue weighted by molar-refractivity contribution is 5.86. The molecule has 90 valence electrons. The van der Waals surface area contributed by atoms with Gasteiger partial charge in [0.15, 0.2) is 0 Å². The molecule has 0 aromatic carbocycles. The number of carbonyl (C=O) groups excluding carboxylic acids is 2. The maximum absolute atomic E-state index is 11.8. The van der Waals surface area contributed by atoms with Crippen LogP contribution in [0.25, 0.3) is 0 Å². The predicted octanol–water partition coefficient (Wildman–Crippen LogP) is -0.621. The molecule has 5 heteroatoms. The number of carbonyl (C=O) groups is 2. The van der Waals surface area contributed by atoms with Gasteiger partial charge in [0, 0.05) is 12.6 Å². The van der Waals surface area contributed by atoms with E-state index >= 15 is 0 Å². The van der Waals surface area contributed by atoms with Crippen molar-refractivity contribution < 1.29 is 9.59 Å². The zero-order valence-corrected chi connectivity index (χ0v) is 9.58. The van der Waals surface area contributed by atoms with E-state index in [1.165, 1.54) is 19.3 Å². The lowest BCUT2D eigenvalue weighted by atomic mass is 9.80. The minimum absolute atomic E-state index is 0.000556. The molecule has 1 heterocycles. The van der Waals surface area contributed by atoms with E-state index in [1.807, 2.05) is 0 Å². The number of amides is 2. The van der Waals surface area contributed by atoms with Gasteiger partial charge in [0.1, 0.15) is 6.04 Å². The third kappa shape index (κ3) is 2.52. The average molecular weight is 225 g/mol. The summed E-state index contributed by atoms with van der Waals surface area (Å²) in [5.41, 5.74) is 0. The number of hydrogen-bond donors (Lipinski definition) is 3. The van der Waals surface area contributed by atoms with Crippen molar-refractivity contribution in [1.82, 2.24) is 16.0 Å². The predicted molar refractivity (Wildman–Crippen MR) is 59.7 cm³/mol. The molecular formula is C11H19N3O2. The molecule has 2 fully saturated rings. The van der Waals surface area contributed by atoms with Crippen molar-refractivity contribution in [2.45, 2.75) is 38.3 Å². The molecule has 0 spiro atoms. The maximum Gasteiger partial charge on any atom is 0.239 e. The van der Waals surface area contributed by atoms with Gasteiger partial charge in [-0.3, -0.25) is 14.9 Å². The Morgan fingerprint density at radius 3 is 2.75 bits per heavy atom. The van der Waals surface area contributed by atoms with E-state index in [9.17, 15) is 9.59 Å². The summed E-state index contributed by atoms with van der Waals surface area (Å²) < 4.78 is 0. The highest BCUT2D eigenvalue weighted by atomic mass is 16.2. The second-order valence-corrected chi connectivity index (χ2v) is 4.73. The van der Waals surface area contributed by atoms with Crippen LogP contribution in [0.4, 0.5) is 0 Å². The number of rotatable bonds is 3. The highest BCUT2D eigenvalue weighted by Crippen LogP contribution is 2.29. The monoisotopic (exact) mass is 225 g/mol. The minimum atomic E-state index is -0.278. The van der Waals surface area contributed by atoms with E-state index in [-0.39, 0.29) is 30.4 Å². The number of nitrogens with one attached hydrogen (secondary N) is 3. The normalized spacial score (nSPS) is 27.8. The van der Waals surface area contributed by atoms with Gasteiger partial charge in [-0.2, -0.15) is 0 Å². The Morgan fingerprint density at radius 2 is 2.25 bits per heavy atom. The van der Waals surface area contributed by atoms with Gasteiger partial charge in [-0.15, -0.1) is 0 Å². The molecule has 5 nitrogen and oxygen atoms in total. The van der Waals surface area contributed by atoms with Gasteiger partial charge in [0.25, 0.3) is 0 Å². The summed E-state index contributed by atoms with van der Waals surface area (Å²) in [6.07, 6.45) is 3.72. The number of piperazine rings is 1. The van der Waals surface area contributed by atoms with E-state index < -0.39 is 0 Å². The smallest absolute Gasteiger partial charge is 0.239 e. The molecule has 16 heavy (non-hydrogen) atoms. The van der Waals surface area contributed by atoms with Crippen molar-refractivity contribution in [1.29, 1.82) is 0 Å². The van der Waals surface area contributed by atoms with E-state index in [2.05, 4.69) is 22.9 Å². The van der Waals surface area contributed by atoms with Gasteiger partial charge in [0.05, 0.1) is 6.54 Å². The van der Waals surface area contributed by atoms with E-state index in [0.717, 1.165) is 0 Å². The van der Waals surface area contributed by atoms with Crippen LogP contribution in [0.2, 0.25) is 0 Å². The third-order valence-corrected chi connectivity index (χ3v) is 3.56. The van der Waals surface area contributed by atoms with E-state index in [1.54, 1.807) is 0 Å². The standard InChI is InChI=1S/C11H19N3O2/c1-7(8-3-2-4-8)14-11(16)9-5-13-10(15)6-12-9/h7-9,12H,2-6H2,1H3,(H,13,15)(H,14,16). The van der Waals surface area contributed by atoms with Crippen LogP contribution >= 0.6 is 0 Å². The Bertz CT molecular complexity index is 279. The van der Waals surface area contributed by atoms with Crippen LogP contribution in [0.1, 0.15) is 26.2 Å². The molecule has 0 radical (unpaired) electrons. The van der Waals surface area contributed by atoms with Crippen molar-refractivity contribution in [2.24, 2.45) is 5.92 Å². The Hall–Kier alpha value is -1.10. The quantitative estimate of drug-likeness (QED) is 0.599. The fourth-order valence-electron chi connectivity index (χ4n) is 2.13. The molecule has 1 saturated heterocycles. The first-order valence-electron chi connectivity index (χ1n) is 5.97. The van der Waals surface area contributed by atoms with Gasteiger partial charge >= 0.3 is 0 Å². The lowest BCUT2D eigenvalue weighted by molar-refractivity contribution is -0.127. The largest absolute Gasteiger partial charge is 0.353 e. The SMILES string of the molecule is CC(NC(=O)C1CNC(=O)CN1)C1CCC1. The Balaban J connectivity index is 1.76. The summed E-state index contributed by atoms with van der Waals surface area (Å²) in [6, 6.07) is -0.0269. The first kappa shape index (κ1) is 11.4. The summed E-state index contributed by atoms with van der Waals surface area (Å²) in [5.74, 6) is 0.595. The molecule has 0 aromatic rings. The van der Waals surface area contributed by atoms with Crippen LogP contribution < -0.4 is 16.0 Å². The molecule has 1 aliphatic heterocycles. The Kier molecular flexibility index (Phi) is 3.43. The molecule has 0 aromatic heterocycles. The van der Waals surface area contributed by atoms with E-state index in [0.29, 0.717) is 12.5 Å². The molecule has 1 aliphatic carbocycles. The summed E-state index contributed by atoms with van der Waals surface area (Å²) in [6.45, 7) is 2.68. The molecule has 3 N–H and O–H groups in total. The van der Waals surface area contributed by atoms with Gasteiger partial charge in [0.2, 0.25) is 11.8 Å². The van der Waals surface area contributed by atoms with Gasteiger partial charge in [-0.25, -0.2) is 0 Å². The van der Waals surface area contributed by atoms with Crippen LogP contribution in [-0.2, 0) is 9.59 Å². The van der Waals surface area contributed by atoms with Crippen LogP contribution in [0.15, 0.2) is 0 Å². The lowest BCUT2D eigenvalue weighted by Gasteiger charge is -2.33. The summed E-state index contributed by atoms with van der Waals surface area (Å²) in [4.78, 5) is 22.7. The van der Waals surface area contributed by atoms with Gasteiger partial charge in [-0.05, 0) is 25.7 Å². The van der Waals surface area contributed by atoms with Crippen LogP contribution in [0.3, 0.4) is 0 Å². The zero-order valence-electron chi connectivity index (χ0n) is 9.58. The minimum Gasteiger partial charge on any atom is -0.353 e. The third-order valence-electron chi connectivity index (χ3n) is 3.56. The van der Waals surface area contributed by atoms with Crippen molar-refractivity contribution in [3.63, 3.8) is 0 Å². The summed E-state index contributed by atoms with van der Waals surface area (Å²) >= 11 is 0. The van der Waals surface area contributed by atoms with Crippen LogP contribution in [-0.4, -0.2) is 37.0 Å². The molecule has 1 saturated carbocycles. The van der Waals surface area contributed by atoms with Gasteiger partial charge < -0.3 is 10.6 Å². The topological polar surface area (TPSA) is 70.2 Å². The van der Waals surface area contributed by atoms with Crippen molar-refractivity contribution >= 4 is 11.8 Å².